The minimum Gasteiger partial charge on any atom is -0.479 e. The van der Waals surface area contributed by atoms with Gasteiger partial charge >= 0.3 is 5.97 Å². The van der Waals surface area contributed by atoms with Crippen molar-refractivity contribution in [2.45, 2.75) is 31.8 Å². The van der Waals surface area contributed by atoms with Crippen LogP contribution in [0.25, 0.3) is 15.8 Å². The largest absolute Gasteiger partial charge is 0.479 e. The fourth-order valence-corrected chi connectivity index (χ4v) is 3.97. The van der Waals surface area contributed by atoms with Gasteiger partial charge in [-0.2, -0.15) is 5.10 Å². The molecule has 1 atom stereocenters. The molecule has 8 nitrogen and oxygen atoms in total. The first-order chi connectivity index (χ1) is 13.0. The second-order valence-electron chi connectivity index (χ2n) is 6.53. The van der Waals surface area contributed by atoms with Crippen molar-refractivity contribution in [1.29, 1.82) is 0 Å². The summed E-state index contributed by atoms with van der Waals surface area (Å²) in [6.45, 7) is 1.93. The first-order valence-corrected chi connectivity index (χ1v) is 9.41. The highest BCUT2D eigenvalue weighted by molar-refractivity contribution is 7.17. The number of nitrogens with one attached hydrogen (secondary N) is 2. The summed E-state index contributed by atoms with van der Waals surface area (Å²) in [6, 6.07) is 3.85. The van der Waals surface area contributed by atoms with E-state index in [4.69, 9.17) is 9.72 Å². The number of hydrogen-bond acceptors (Lipinski definition) is 7. The molecule has 9 heteroatoms. The number of anilines is 2. The van der Waals surface area contributed by atoms with E-state index < -0.39 is 11.6 Å². The van der Waals surface area contributed by atoms with Crippen molar-refractivity contribution in [2.75, 3.05) is 12.4 Å². The van der Waals surface area contributed by atoms with Gasteiger partial charge < -0.3 is 15.2 Å². The Morgan fingerprint density at radius 1 is 1.44 bits per heavy atom. The number of fused-ring (bicyclic) bond motifs is 1. The smallest absolute Gasteiger partial charge is 0.336 e. The van der Waals surface area contributed by atoms with Crippen LogP contribution in [0, 0.1) is 6.92 Å². The maximum atomic E-state index is 11.5. The summed E-state index contributed by atoms with van der Waals surface area (Å²) in [4.78, 5) is 20.9. The van der Waals surface area contributed by atoms with Crippen molar-refractivity contribution in [3.8, 4) is 0 Å². The van der Waals surface area contributed by atoms with Gasteiger partial charge in [0, 0.05) is 25.3 Å². The van der Waals surface area contributed by atoms with Gasteiger partial charge in [-0.1, -0.05) is 6.08 Å². The average molecular weight is 385 g/mol. The number of H-pyrrole nitrogens is 1. The molecule has 1 aliphatic carbocycles. The molecule has 1 aliphatic rings. The van der Waals surface area contributed by atoms with Gasteiger partial charge in [0.1, 0.15) is 0 Å². The van der Waals surface area contributed by atoms with E-state index in [1.165, 1.54) is 7.11 Å². The number of aliphatic carboxylic acids is 1. The van der Waals surface area contributed by atoms with E-state index in [0.717, 1.165) is 21.5 Å². The topological polar surface area (TPSA) is 113 Å². The zero-order valence-electron chi connectivity index (χ0n) is 14.9. The maximum Gasteiger partial charge on any atom is 0.336 e. The Morgan fingerprint density at radius 2 is 2.30 bits per heavy atom. The van der Waals surface area contributed by atoms with Crippen LogP contribution in [0.15, 0.2) is 23.6 Å². The summed E-state index contributed by atoms with van der Waals surface area (Å²) in [5, 5.41) is 21.8. The number of aryl methyl sites for hydroxylation is 1. The third-order valence-electron chi connectivity index (χ3n) is 4.80. The van der Waals surface area contributed by atoms with Crippen LogP contribution in [0.4, 0.5) is 11.6 Å². The summed E-state index contributed by atoms with van der Waals surface area (Å²) in [5.74, 6) is 1.05. The molecule has 3 aromatic rings. The van der Waals surface area contributed by atoms with E-state index in [-0.39, 0.29) is 0 Å². The number of hydrogen-bond donors (Lipinski definition) is 3. The lowest BCUT2D eigenvalue weighted by Crippen LogP contribution is -2.41. The highest BCUT2D eigenvalue weighted by Crippen LogP contribution is 2.36. The lowest BCUT2D eigenvalue weighted by molar-refractivity contribution is -0.163. The van der Waals surface area contributed by atoms with Crippen LogP contribution >= 0.6 is 11.3 Å². The van der Waals surface area contributed by atoms with Crippen LogP contribution < -0.4 is 5.32 Å². The molecule has 0 saturated carbocycles. The van der Waals surface area contributed by atoms with Gasteiger partial charge in [-0.3, -0.25) is 5.10 Å². The molecular formula is C18H19N5O3S. The Balaban J connectivity index is 1.70. The van der Waals surface area contributed by atoms with Gasteiger partial charge in [-0.25, -0.2) is 14.8 Å². The predicted molar refractivity (Wildman–Crippen MR) is 103 cm³/mol. The Hall–Kier alpha value is -2.78. The van der Waals surface area contributed by atoms with Crippen LogP contribution in [0.3, 0.4) is 0 Å². The zero-order valence-corrected chi connectivity index (χ0v) is 15.8. The average Bonchev–Trinajstić information content (AvgIpc) is 3.30. The molecule has 3 N–H and O–H groups in total. The number of nitrogens with zero attached hydrogens (tertiary/aromatic N) is 3. The first-order valence-electron chi connectivity index (χ1n) is 8.53. The molecule has 0 amide bonds. The van der Waals surface area contributed by atoms with E-state index in [2.05, 4.69) is 20.5 Å². The van der Waals surface area contributed by atoms with E-state index in [1.807, 2.05) is 30.5 Å². The molecule has 0 fully saturated rings. The minimum atomic E-state index is -1.16. The van der Waals surface area contributed by atoms with Crippen LogP contribution in [0.2, 0.25) is 0 Å². The molecule has 140 valence electrons. The molecule has 0 radical (unpaired) electrons. The normalized spacial score (nSPS) is 19.9. The predicted octanol–water partition coefficient (Wildman–Crippen LogP) is 3.50. The number of carbonyl (C=O) groups is 1. The minimum absolute atomic E-state index is 0.292. The monoisotopic (exact) mass is 385 g/mol. The standard InChI is InChI=1S/C18H19N5O3S/c1-10-9-13(23-22-10)20-16-14-12(5-8-27-14)19-15(21-16)11-3-6-18(26-2,7-4-11)17(24)25/h3,5,8-9H,4,6-7H2,1-2H3,(H,24,25)(H2,19,20,21,22,23). The van der Waals surface area contributed by atoms with Gasteiger partial charge in [0.2, 0.25) is 0 Å². The number of allylic oxidation sites excluding steroid dienone is 1. The highest BCUT2D eigenvalue weighted by Gasteiger charge is 2.40. The molecule has 0 bridgehead atoms. The van der Waals surface area contributed by atoms with Crippen molar-refractivity contribution in [3.05, 3.63) is 35.1 Å². The van der Waals surface area contributed by atoms with Crippen LogP contribution in [0.1, 0.15) is 30.8 Å². The number of aromatic nitrogens is 4. The van der Waals surface area contributed by atoms with Gasteiger partial charge in [0.15, 0.2) is 23.1 Å². The Kier molecular flexibility index (Phi) is 4.40. The Morgan fingerprint density at radius 3 is 2.93 bits per heavy atom. The fraction of sp³-hybridized carbons (Fsp3) is 0.333. The summed E-state index contributed by atoms with van der Waals surface area (Å²) in [5.41, 5.74) is 1.57. The third-order valence-corrected chi connectivity index (χ3v) is 5.71. The summed E-state index contributed by atoms with van der Waals surface area (Å²) < 4.78 is 6.23. The lowest BCUT2D eigenvalue weighted by atomic mass is 9.85. The van der Waals surface area contributed by atoms with Crippen molar-refractivity contribution in [1.82, 2.24) is 20.2 Å². The number of rotatable bonds is 5. The number of carboxylic acids is 1. The quantitative estimate of drug-likeness (QED) is 0.616. The zero-order chi connectivity index (χ0) is 19.0. The van der Waals surface area contributed by atoms with Gasteiger partial charge in [-0.15, -0.1) is 11.3 Å². The van der Waals surface area contributed by atoms with E-state index >= 15 is 0 Å². The lowest BCUT2D eigenvalue weighted by Gasteiger charge is -2.30. The van der Waals surface area contributed by atoms with Crippen LogP contribution in [-0.4, -0.2) is 44.0 Å². The van der Waals surface area contributed by atoms with Crippen molar-refractivity contribution >= 4 is 44.7 Å². The Labute approximate surface area is 159 Å². The van der Waals surface area contributed by atoms with Crippen LogP contribution in [-0.2, 0) is 9.53 Å². The Bertz CT molecular complexity index is 1040. The van der Waals surface area contributed by atoms with E-state index in [9.17, 15) is 9.90 Å². The third kappa shape index (κ3) is 3.19. The van der Waals surface area contributed by atoms with Crippen molar-refractivity contribution < 1.29 is 14.6 Å². The molecule has 0 aliphatic heterocycles. The molecule has 0 spiro atoms. The molecule has 0 aromatic carbocycles. The molecule has 3 aromatic heterocycles. The van der Waals surface area contributed by atoms with Gasteiger partial charge in [0.05, 0.1) is 10.2 Å². The van der Waals surface area contributed by atoms with Crippen LogP contribution in [0.5, 0.6) is 0 Å². The molecule has 4 rings (SSSR count). The van der Waals surface area contributed by atoms with Crippen molar-refractivity contribution in [3.63, 3.8) is 0 Å². The molecule has 3 heterocycles. The number of aromatic amines is 1. The van der Waals surface area contributed by atoms with E-state index in [0.29, 0.717) is 36.7 Å². The summed E-state index contributed by atoms with van der Waals surface area (Å²) in [6.07, 6.45) is 3.09. The number of ether oxygens (including phenoxy) is 1. The molecule has 1 unspecified atom stereocenters. The number of carboxylic acid groups (broad SMARTS) is 1. The summed E-state index contributed by atoms with van der Waals surface area (Å²) >= 11 is 1.56. The fourth-order valence-electron chi connectivity index (χ4n) is 3.19. The number of thiophene rings is 1. The highest BCUT2D eigenvalue weighted by atomic mass is 32.1. The molecular weight excluding hydrogens is 366 g/mol. The van der Waals surface area contributed by atoms with Gasteiger partial charge in [0.25, 0.3) is 0 Å². The molecule has 27 heavy (non-hydrogen) atoms. The van der Waals surface area contributed by atoms with E-state index in [1.54, 1.807) is 11.3 Å². The number of methoxy groups -OCH3 is 1. The maximum absolute atomic E-state index is 11.5. The van der Waals surface area contributed by atoms with Crippen molar-refractivity contribution in [2.24, 2.45) is 0 Å². The second-order valence-corrected chi connectivity index (χ2v) is 7.45. The summed E-state index contributed by atoms with van der Waals surface area (Å²) in [7, 11) is 1.44. The van der Waals surface area contributed by atoms with Gasteiger partial charge in [-0.05, 0) is 36.8 Å². The second kappa shape index (κ2) is 6.75. The first kappa shape index (κ1) is 17.6. The SMILES string of the molecule is COC1(C(=O)O)CC=C(c2nc(Nc3cc(C)[nH]n3)c3sccc3n2)CC1. The molecule has 0 saturated heterocycles.